The van der Waals surface area contributed by atoms with Crippen LogP contribution in [0, 0.1) is 17.5 Å². The second-order valence-electron chi connectivity index (χ2n) is 6.66. The van der Waals surface area contributed by atoms with Gasteiger partial charge in [0.2, 0.25) is 10.0 Å². The Morgan fingerprint density at radius 1 is 0.966 bits per heavy atom. The number of carbonyl (C=O) groups is 1. The number of sulfonamides is 1. The van der Waals surface area contributed by atoms with Crippen LogP contribution in [0.15, 0.2) is 41.3 Å². The van der Waals surface area contributed by atoms with Gasteiger partial charge in [-0.05, 0) is 49.6 Å². The molecule has 1 unspecified atom stereocenters. The Morgan fingerprint density at radius 2 is 1.69 bits per heavy atom. The minimum Gasteiger partial charge on any atom is -0.322 e. The summed E-state index contributed by atoms with van der Waals surface area (Å²) in [5.41, 5.74) is -0.239. The molecule has 1 atom stereocenters. The molecule has 0 bridgehead atoms. The van der Waals surface area contributed by atoms with Crippen LogP contribution < -0.4 is 5.32 Å². The molecule has 2 aromatic rings. The molecule has 0 saturated carbocycles. The molecule has 5 nitrogen and oxygen atoms in total. The summed E-state index contributed by atoms with van der Waals surface area (Å²) >= 11 is 0. The van der Waals surface area contributed by atoms with Crippen molar-refractivity contribution in [1.29, 1.82) is 0 Å². The summed E-state index contributed by atoms with van der Waals surface area (Å²) in [5.74, 6) is -4.13. The maximum atomic E-state index is 14.3. The van der Waals surface area contributed by atoms with Crippen LogP contribution in [0.5, 0.6) is 0 Å². The third-order valence-electron chi connectivity index (χ3n) is 4.61. The van der Waals surface area contributed by atoms with Crippen molar-refractivity contribution < 1.29 is 30.8 Å². The molecular formula is C19H18F4N2O3S. The lowest BCUT2D eigenvalue weighted by Gasteiger charge is -2.20. The fourth-order valence-corrected chi connectivity index (χ4v) is 4.61. The summed E-state index contributed by atoms with van der Waals surface area (Å²) in [5, 5.41) is 2.29. The highest BCUT2D eigenvalue weighted by molar-refractivity contribution is 7.89. The first-order chi connectivity index (χ1) is 13.7. The highest BCUT2D eigenvalue weighted by Gasteiger charge is 2.30. The molecule has 156 valence electrons. The number of amides is 1. The second-order valence-corrected chi connectivity index (χ2v) is 8.57. The first kappa shape index (κ1) is 21.3. The van der Waals surface area contributed by atoms with Crippen molar-refractivity contribution in [2.75, 3.05) is 18.4 Å². The van der Waals surface area contributed by atoms with Gasteiger partial charge < -0.3 is 5.32 Å². The van der Waals surface area contributed by atoms with Crippen LogP contribution in [0.25, 0.3) is 0 Å². The van der Waals surface area contributed by atoms with Crippen LogP contribution in [-0.2, 0) is 10.0 Å². The lowest BCUT2D eigenvalue weighted by Crippen LogP contribution is -2.33. The molecule has 10 heteroatoms. The van der Waals surface area contributed by atoms with Crippen molar-refractivity contribution >= 4 is 21.6 Å². The van der Waals surface area contributed by atoms with Gasteiger partial charge in [-0.25, -0.2) is 26.0 Å². The molecule has 1 N–H and O–H groups in total. The molecule has 2 aromatic carbocycles. The largest absolute Gasteiger partial charge is 0.322 e. The van der Waals surface area contributed by atoms with Gasteiger partial charge in [0.25, 0.3) is 5.91 Å². The summed E-state index contributed by atoms with van der Waals surface area (Å²) in [6, 6.07) is 5.49. The van der Waals surface area contributed by atoms with Gasteiger partial charge in [0.05, 0.1) is 0 Å². The molecule has 1 aliphatic heterocycles. The van der Waals surface area contributed by atoms with E-state index in [2.05, 4.69) is 5.32 Å². The van der Waals surface area contributed by atoms with E-state index < -0.39 is 44.4 Å². The van der Waals surface area contributed by atoms with Gasteiger partial charge in [-0.15, -0.1) is 0 Å². The van der Waals surface area contributed by atoms with Crippen LogP contribution in [0.1, 0.15) is 29.6 Å². The molecule has 1 heterocycles. The maximum Gasteiger partial charge on any atom is 0.255 e. The quantitative estimate of drug-likeness (QED) is 0.749. The summed E-state index contributed by atoms with van der Waals surface area (Å²) < 4.78 is 80.7. The topological polar surface area (TPSA) is 66.5 Å². The maximum absolute atomic E-state index is 14.3. The standard InChI is InChI=1S/C19H18F4N2O3S/c20-13-2-1-8-25(9-7-13)29(27,28)18-10-12(3-5-16(18)22)19(26)24-14-4-6-15(21)17(23)11-14/h3-6,10-11,13H,1-2,7-9H2,(H,24,26). The number of alkyl halides is 1. The van der Waals surface area contributed by atoms with Gasteiger partial charge in [0.1, 0.15) is 16.9 Å². The van der Waals surface area contributed by atoms with Gasteiger partial charge >= 0.3 is 0 Å². The van der Waals surface area contributed by atoms with Gasteiger partial charge in [-0.3, -0.25) is 4.79 Å². The monoisotopic (exact) mass is 430 g/mol. The Morgan fingerprint density at radius 3 is 2.41 bits per heavy atom. The molecule has 0 aromatic heterocycles. The van der Waals surface area contributed by atoms with Crippen molar-refractivity contribution in [2.24, 2.45) is 0 Å². The number of benzene rings is 2. The van der Waals surface area contributed by atoms with E-state index in [0.29, 0.717) is 6.42 Å². The number of anilines is 1. The van der Waals surface area contributed by atoms with E-state index >= 15 is 0 Å². The van der Waals surface area contributed by atoms with E-state index in [1.165, 1.54) is 0 Å². The molecule has 3 rings (SSSR count). The minimum atomic E-state index is -4.28. The number of rotatable bonds is 4. The Balaban J connectivity index is 1.86. The lowest BCUT2D eigenvalue weighted by molar-refractivity contribution is 0.102. The fourth-order valence-electron chi connectivity index (χ4n) is 3.03. The first-order valence-corrected chi connectivity index (χ1v) is 10.3. The van der Waals surface area contributed by atoms with Crippen LogP contribution in [0.3, 0.4) is 0 Å². The number of hydrogen-bond donors (Lipinski definition) is 1. The Kier molecular flexibility index (Phi) is 6.23. The summed E-state index contributed by atoms with van der Waals surface area (Å²) in [6.07, 6.45) is -0.575. The molecular weight excluding hydrogens is 412 g/mol. The Bertz CT molecular complexity index is 1030. The highest BCUT2D eigenvalue weighted by Crippen LogP contribution is 2.25. The number of nitrogens with zero attached hydrogens (tertiary/aromatic N) is 1. The molecule has 1 amide bonds. The normalized spacial score (nSPS) is 18.3. The van der Waals surface area contributed by atoms with E-state index in [0.717, 1.165) is 40.7 Å². The van der Waals surface area contributed by atoms with Crippen molar-refractivity contribution in [3.8, 4) is 0 Å². The van der Waals surface area contributed by atoms with Gasteiger partial charge in [-0.1, -0.05) is 0 Å². The number of carbonyl (C=O) groups excluding carboxylic acids is 1. The number of halogens is 4. The zero-order chi connectivity index (χ0) is 21.2. The van der Waals surface area contributed by atoms with Crippen molar-refractivity contribution in [3.63, 3.8) is 0 Å². The van der Waals surface area contributed by atoms with Crippen LogP contribution in [0.2, 0.25) is 0 Å². The molecule has 0 aliphatic carbocycles. The van der Waals surface area contributed by atoms with Crippen molar-refractivity contribution in [2.45, 2.75) is 30.3 Å². The van der Waals surface area contributed by atoms with E-state index in [9.17, 15) is 30.8 Å². The predicted molar refractivity (Wildman–Crippen MR) is 98.2 cm³/mol. The smallest absolute Gasteiger partial charge is 0.255 e. The van der Waals surface area contributed by atoms with E-state index in [1.807, 2.05) is 0 Å². The summed E-state index contributed by atoms with van der Waals surface area (Å²) in [6.45, 7) is -0.0400. The molecule has 0 radical (unpaired) electrons. The lowest BCUT2D eigenvalue weighted by atomic mass is 10.2. The Labute approximate surface area is 165 Å². The summed E-state index contributed by atoms with van der Waals surface area (Å²) in [4.78, 5) is 11.7. The highest BCUT2D eigenvalue weighted by atomic mass is 32.2. The number of hydrogen-bond acceptors (Lipinski definition) is 3. The van der Waals surface area contributed by atoms with Gasteiger partial charge in [-0.2, -0.15) is 4.31 Å². The van der Waals surface area contributed by atoms with E-state index in [-0.39, 0.29) is 37.2 Å². The average Bonchev–Trinajstić information content (AvgIpc) is 2.90. The van der Waals surface area contributed by atoms with Gasteiger partial charge in [0.15, 0.2) is 11.6 Å². The number of nitrogens with one attached hydrogen (secondary N) is 1. The third-order valence-corrected chi connectivity index (χ3v) is 6.52. The van der Waals surface area contributed by atoms with Crippen LogP contribution in [-0.4, -0.2) is 37.9 Å². The zero-order valence-corrected chi connectivity index (χ0v) is 16.0. The average molecular weight is 430 g/mol. The molecule has 0 spiro atoms. The molecule has 29 heavy (non-hydrogen) atoms. The fraction of sp³-hybridized carbons (Fsp3) is 0.316. The first-order valence-electron chi connectivity index (χ1n) is 8.88. The summed E-state index contributed by atoms with van der Waals surface area (Å²) in [7, 11) is -4.28. The van der Waals surface area contributed by atoms with Crippen LogP contribution in [0.4, 0.5) is 23.2 Å². The second kappa shape index (κ2) is 8.50. The van der Waals surface area contributed by atoms with E-state index in [4.69, 9.17) is 0 Å². The Hall–Kier alpha value is -2.46. The third kappa shape index (κ3) is 4.76. The molecule has 1 aliphatic rings. The van der Waals surface area contributed by atoms with Crippen molar-refractivity contribution in [1.82, 2.24) is 4.31 Å². The van der Waals surface area contributed by atoms with Crippen molar-refractivity contribution in [3.05, 3.63) is 59.4 Å². The van der Waals surface area contributed by atoms with Gasteiger partial charge in [0, 0.05) is 30.4 Å². The van der Waals surface area contributed by atoms with E-state index in [1.54, 1.807) is 0 Å². The zero-order valence-electron chi connectivity index (χ0n) is 15.2. The predicted octanol–water partition coefficient (Wildman–Crippen LogP) is 3.87. The molecule has 1 saturated heterocycles. The van der Waals surface area contributed by atoms with Crippen LogP contribution >= 0.6 is 0 Å². The molecule has 1 fully saturated rings. The minimum absolute atomic E-state index is 0.0111. The SMILES string of the molecule is O=C(Nc1ccc(F)c(F)c1)c1ccc(F)c(S(=O)(=O)N2CCCC(F)CC2)c1.